The molecule has 7 nitrogen and oxygen atoms in total. The number of ketones is 1. The number of nitrogens with one attached hydrogen (secondary N) is 1. The Morgan fingerprint density at radius 3 is 2.76 bits per heavy atom. The van der Waals surface area contributed by atoms with Gasteiger partial charge >= 0.3 is 0 Å². The fraction of sp³-hybridized carbons (Fsp3) is 0.118. The van der Waals surface area contributed by atoms with Crippen LogP contribution in [-0.4, -0.2) is 31.8 Å². The van der Waals surface area contributed by atoms with Crippen LogP contribution in [0.25, 0.3) is 11.4 Å². The molecule has 0 aliphatic rings. The van der Waals surface area contributed by atoms with E-state index in [0.717, 1.165) is 0 Å². The van der Waals surface area contributed by atoms with E-state index >= 15 is 0 Å². The molecule has 1 aromatic carbocycles. The molecule has 25 heavy (non-hydrogen) atoms. The highest BCUT2D eigenvalue weighted by molar-refractivity contribution is 5.99. The van der Waals surface area contributed by atoms with Crippen molar-refractivity contribution in [1.82, 2.24) is 19.5 Å². The monoisotopic (exact) mass is 339 g/mol. The highest BCUT2D eigenvalue weighted by Crippen LogP contribution is 2.13. The standard InChI is InChI=1S/C17H14FN5O2/c1-23-16(25)8-14(13-6-7-19-10-21-13)22-17(23)20-9-15(24)11-4-2-3-5-12(11)18/h2-8,10H,9H2,1H3,(H,20,22). The van der Waals surface area contributed by atoms with Crippen molar-refractivity contribution in [2.24, 2.45) is 7.05 Å². The van der Waals surface area contributed by atoms with Crippen LogP contribution in [0.1, 0.15) is 10.4 Å². The Morgan fingerprint density at radius 1 is 1.24 bits per heavy atom. The van der Waals surface area contributed by atoms with E-state index in [9.17, 15) is 14.0 Å². The molecule has 8 heteroatoms. The van der Waals surface area contributed by atoms with Crippen LogP contribution in [0.3, 0.4) is 0 Å². The van der Waals surface area contributed by atoms with Crippen molar-refractivity contribution in [3.8, 4) is 11.4 Å². The number of benzene rings is 1. The summed E-state index contributed by atoms with van der Waals surface area (Å²) in [7, 11) is 1.52. The van der Waals surface area contributed by atoms with Gasteiger partial charge in [0.15, 0.2) is 5.78 Å². The number of aromatic nitrogens is 4. The molecule has 2 heterocycles. The molecule has 0 radical (unpaired) electrons. The SMILES string of the molecule is Cn1c(NCC(=O)c2ccccc2F)nc(-c2ccncn2)cc1=O. The van der Waals surface area contributed by atoms with E-state index < -0.39 is 11.6 Å². The summed E-state index contributed by atoms with van der Waals surface area (Å²) in [4.78, 5) is 36.4. The van der Waals surface area contributed by atoms with Crippen LogP contribution in [-0.2, 0) is 7.05 Å². The lowest BCUT2D eigenvalue weighted by molar-refractivity contribution is 0.100. The molecule has 0 aliphatic carbocycles. The van der Waals surface area contributed by atoms with Gasteiger partial charge in [0.25, 0.3) is 5.56 Å². The summed E-state index contributed by atoms with van der Waals surface area (Å²) >= 11 is 0. The molecule has 0 bridgehead atoms. The summed E-state index contributed by atoms with van der Waals surface area (Å²) in [6, 6.07) is 8.68. The Kier molecular flexibility index (Phi) is 4.60. The summed E-state index contributed by atoms with van der Waals surface area (Å²) in [6.07, 6.45) is 2.89. The van der Waals surface area contributed by atoms with Crippen LogP contribution in [0, 0.1) is 5.82 Å². The second-order valence-electron chi connectivity index (χ2n) is 5.21. The molecule has 126 valence electrons. The number of halogens is 1. The third kappa shape index (κ3) is 3.57. The first-order chi connectivity index (χ1) is 12.1. The average Bonchev–Trinajstić information content (AvgIpc) is 2.63. The number of carbonyl (C=O) groups is 1. The third-order valence-corrected chi connectivity index (χ3v) is 3.56. The number of nitrogens with zero attached hydrogens (tertiary/aromatic N) is 4. The zero-order valence-electron chi connectivity index (χ0n) is 13.3. The van der Waals surface area contributed by atoms with E-state index in [1.54, 1.807) is 12.1 Å². The first-order valence-electron chi connectivity index (χ1n) is 7.42. The van der Waals surface area contributed by atoms with E-state index in [0.29, 0.717) is 11.4 Å². The lowest BCUT2D eigenvalue weighted by Crippen LogP contribution is -2.25. The minimum atomic E-state index is -0.592. The number of Topliss-reactive ketones (excluding diaryl/α,β-unsaturated/α-hetero) is 1. The predicted molar refractivity (Wildman–Crippen MR) is 89.7 cm³/mol. The van der Waals surface area contributed by atoms with Crippen LogP contribution in [0.4, 0.5) is 10.3 Å². The number of hydrogen-bond acceptors (Lipinski definition) is 6. The van der Waals surface area contributed by atoms with Crippen LogP contribution in [0.2, 0.25) is 0 Å². The molecule has 1 N–H and O–H groups in total. The summed E-state index contributed by atoms with van der Waals surface area (Å²) in [6.45, 7) is -0.200. The quantitative estimate of drug-likeness (QED) is 0.711. The highest BCUT2D eigenvalue weighted by Gasteiger charge is 2.13. The van der Waals surface area contributed by atoms with Gasteiger partial charge in [-0.2, -0.15) is 0 Å². The van der Waals surface area contributed by atoms with Gasteiger partial charge in [-0.1, -0.05) is 12.1 Å². The Labute approximate surface area is 142 Å². The normalized spacial score (nSPS) is 10.5. The van der Waals surface area contributed by atoms with E-state index in [4.69, 9.17) is 0 Å². The summed E-state index contributed by atoms with van der Waals surface area (Å²) in [5.74, 6) is -0.850. The van der Waals surface area contributed by atoms with E-state index in [2.05, 4.69) is 20.3 Å². The largest absolute Gasteiger partial charge is 0.348 e. The van der Waals surface area contributed by atoms with Crippen molar-refractivity contribution in [2.75, 3.05) is 11.9 Å². The molecule has 3 rings (SSSR count). The molecule has 0 amide bonds. The molecule has 0 saturated carbocycles. The van der Waals surface area contributed by atoms with Gasteiger partial charge in [-0.25, -0.2) is 19.3 Å². The minimum Gasteiger partial charge on any atom is -0.348 e. The fourth-order valence-electron chi connectivity index (χ4n) is 2.21. The van der Waals surface area contributed by atoms with Crippen molar-refractivity contribution in [1.29, 1.82) is 0 Å². The summed E-state index contributed by atoms with van der Waals surface area (Å²) in [5.41, 5.74) is 0.499. The van der Waals surface area contributed by atoms with Crippen molar-refractivity contribution in [2.45, 2.75) is 0 Å². The number of rotatable bonds is 5. The molecular weight excluding hydrogens is 325 g/mol. The fourth-order valence-corrected chi connectivity index (χ4v) is 2.21. The van der Waals surface area contributed by atoms with Gasteiger partial charge in [-0.05, 0) is 18.2 Å². The third-order valence-electron chi connectivity index (χ3n) is 3.56. The minimum absolute atomic E-state index is 0.0213. The Hall–Kier alpha value is -3.42. The number of hydrogen-bond donors (Lipinski definition) is 1. The summed E-state index contributed by atoms with van der Waals surface area (Å²) in [5, 5.41) is 2.78. The van der Waals surface area contributed by atoms with Gasteiger partial charge in [0.1, 0.15) is 12.1 Å². The molecule has 0 unspecified atom stereocenters. The maximum absolute atomic E-state index is 13.7. The van der Waals surface area contributed by atoms with Gasteiger partial charge < -0.3 is 5.32 Å². The van der Waals surface area contributed by atoms with Gasteiger partial charge in [0.05, 0.1) is 23.5 Å². The van der Waals surface area contributed by atoms with Crippen molar-refractivity contribution >= 4 is 11.7 Å². The topological polar surface area (TPSA) is 89.8 Å². The highest BCUT2D eigenvalue weighted by atomic mass is 19.1. The average molecular weight is 339 g/mol. The maximum atomic E-state index is 13.7. The van der Waals surface area contributed by atoms with Crippen molar-refractivity contribution in [3.05, 3.63) is 70.7 Å². The van der Waals surface area contributed by atoms with E-state index in [1.807, 2.05) is 0 Å². The molecule has 2 aromatic heterocycles. The molecule has 0 atom stereocenters. The zero-order chi connectivity index (χ0) is 17.8. The smallest absolute Gasteiger partial charge is 0.255 e. The van der Waals surface area contributed by atoms with Crippen molar-refractivity contribution < 1.29 is 9.18 Å². The van der Waals surface area contributed by atoms with Crippen LogP contribution in [0.5, 0.6) is 0 Å². The second-order valence-corrected chi connectivity index (χ2v) is 5.21. The molecule has 0 spiro atoms. The van der Waals surface area contributed by atoms with Gasteiger partial charge in [0, 0.05) is 19.3 Å². The number of carbonyl (C=O) groups excluding carboxylic acids is 1. The van der Waals surface area contributed by atoms with E-state index in [1.165, 1.54) is 48.4 Å². The van der Waals surface area contributed by atoms with Crippen LogP contribution < -0.4 is 10.9 Å². The molecule has 0 aliphatic heterocycles. The van der Waals surface area contributed by atoms with Crippen molar-refractivity contribution in [3.63, 3.8) is 0 Å². The molecule has 3 aromatic rings. The van der Waals surface area contributed by atoms with Gasteiger partial charge in [-0.15, -0.1) is 0 Å². The molecule has 0 saturated heterocycles. The molecule has 0 fully saturated rings. The first-order valence-corrected chi connectivity index (χ1v) is 7.42. The first kappa shape index (κ1) is 16.4. The lowest BCUT2D eigenvalue weighted by Gasteiger charge is -2.11. The Bertz CT molecular complexity index is 972. The Morgan fingerprint density at radius 2 is 2.04 bits per heavy atom. The predicted octanol–water partition coefficient (Wildman–Crippen LogP) is 1.67. The maximum Gasteiger partial charge on any atom is 0.255 e. The van der Waals surface area contributed by atoms with E-state index in [-0.39, 0.29) is 23.6 Å². The lowest BCUT2D eigenvalue weighted by atomic mass is 10.1. The second kappa shape index (κ2) is 7.00. The van der Waals surface area contributed by atoms with Crippen LogP contribution >= 0.6 is 0 Å². The van der Waals surface area contributed by atoms with Gasteiger partial charge in [0.2, 0.25) is 5.95 Å². The Balaban J connectivity index is 1.85. The zero-order valence-corrected chi connectivity index (χ0v) is 13.3. The van der Waals surface area contributed by atoms with Crippen LogP contribution in [0.15, 0.2) is 53.7 Å². The number of anilines is 1. The summed E-state index contributed by atoms with van der Waals surface area (Å²) < 4.78 is 14.9. The van der Waals surface area contributed by atoms with Gasteiger partial charge in [-0.3, -0.25) is 14.2 Å². The molecular formula is C17H14FN5O2.